The van der Waals surface area contributed by atoms with Crippen LogP contribution in [0.15, 0.2) is 0 Å². The van der Waals surface area contributed by atoms with Crippen molar-refractivity contribution in [2.45, 2.75) is 76.3 Å². The van der Waals surface area contributed by atoms with Crippen LogP contribution in [0.2, 0.25) is 0 Å². The molecular weight excluding hydrogens is 277 g/mol. The average molecular weight is 301 g/mol. The Morgan fingerprint density at radius 3 is 1.42 bits per heavy atom. The molecule has 0 saturated heterocycles. The Labute approximate surface area is 157 Å². The largest absolute Gasteiger partial charge is 1.00 e. The van der Waals surface area contributed by atoms with Crippen LogP contribution in [0.3, 0.4) is 0 Å². The van der Waals surface area contributed by atoms with E-state index < -0.39 is 13.4 Å². The van der Waals surface area contributed by atoms with E-state index in [9.17, 15) is 12.9 Å². The standard InChI is InChI=1S/C13H24BF3N.K/c15-14(16,17)11-18(12-7-3-1-4-8-12)13-9-5-2-6-10-13;/h12-13H,1-11H2;/q-1;+1. The topological polar surface area (TPSA) is 3.24 Å². The van der Waals surface area contributed by atoms with Gasteiger partial charge in [0.1, 0.15) is 0 Å². The number of hydrogen-bond acceptors (Lipinski definition) is 1. The first-order valence-corrected chi connectivity index (χ1v) is 7.53. The summed E-state index contributed by atoms with van der Waals surface area (Å²) in [5.74, 6) is 0. The molecule has 0 aliphatic heterocycles. The van der Waals surface area contributed by atoms with E-state index in [1.165, 1.54) is 12.8 Å². The van der Waals surface area contributed by atoms with Crippen LogP contribution in [-0.2, 0) is 0 Å². The van der Waals surface area contributed by atoms with Gasteiger partial charge in [0.25, 0.3) is 0 Å². The van der Waals surface area contributed by atoms with Gasteiger partial charge in [0, 0.05) is 12.1 Å². The summed E-state index contributed by atoms with van der Waals surface area (Å²) in [6.45, 7) is -4.68. The van der Waals surface area contributed by atoms with Crippen LogP contribution in [0.1, 0.15) is 64.2 Å². The van der Waals surface area contributed by atoms with E-state index in [1.807, 2.05) is 4.90 Å². The second kappa shape index (κ2) is 8.79. The molecule has 0 radical (unpaired) electrons. The Hall–Kier alpha value is 1.45. The molecule has 1 nitrogen and oxygen atoms in total. The predicted octanol–water partition coefficient (Wildman–Crippen LogP) is 1.34. The zero-order valence-electron chi connectivity index (χ0n) is 12.1. The van der Waals surface area contributed by atoms with E-state index in [0.717, 1.165) is 51.4 Å². The molecule has 0 bridgehead atoms. The van der Waals surface area contributed by atoms with E-state index in [1.54, 1.807) is 0 Å². The number of nitrogens with zero attached hydrogens (tertiary/aromatic N) is 1. The summed E-state index contributed by atoms with van der Waals surface area (Å²) >= 11 is 0. The summed E-state index contributed by atoms with van der Waals surface area (Å²) in [5, 5.41) is 0. The van der Waals surface area contributed by atoms with E-state index >= 15 is 0 Å². The van der Waals surface area contributed by atoms with Crippen LogP contribution in [0, 0.1) is 0 Å². The molecule has 0 aromatic heterocycles. The molecule has 0 aromatic carbocycles. The Morgan fingerprint density at radius 1 is 0.737 bits per heavy atom. The fraction of sp³-hybridized carbons (Fsp3) is 1.00. The molecule has 2 rings (SSSR count). The van der Waals surface area contributed by atoms with Gasteiger partial charge < -0.3 is 17.8 Å². The first kappa shape index (κ1) is 18.5. The van der Waals surface area contributed by atoms with Crippen molar-refractivity contribution >= 4 is 6.98 Å². The minimum absolute atomic E-state index is 0. The van der Waals surface area contributed by atoms with Crippen molar-refractivity contribution in [3.05, 3.63) is 0 Å². The predicted molar refractivity (Wildman–Crippen MR) is 69.5 cm³/mol. The molecule has 0 aromatic rings. The van der Waals surface area contributed by atoms with Crippen LogP contribution in [0.5, 0.6) is 0 Å². The van der Waals surface area contributed by atoms with Gasteiger partial charge in [0.2, 0.25) is 0 Å². The summed E-state index contributed by atoms with van der Waals surface area (Å²) < 4.78 is 38.5. The molecule has 2 aliphatic carbocycles. The second-order valence-electron chi connectivity index (χ2n) is 5.99. The second-order valence-corrected chi connectivity index (χ2v) is 5.99. The van der Waals surface area contributed by atoms with Crippen molar-refractivity contribution in [1.29, 1.82) is 0 Å². The van der Waals surface area contributed by atoms with Crippen molar-refractivity contribution in [1.82, 2.24) is 4.90 Å². The summed E-state index contributed by atoms with van der Waals surface area (Å²) in [5.41, 5.74) is 0. The molecule has 0 spiro atoms. The van der Waals surface area contributed by atoms with E-state index in [2.05, 4.69) is 0 Å². The molecule has 2 aliphatic rings. The van der Waals surface area contributed by atoms with Crippen LogP contribution in [0.25, 0.3) is 0 Å². The first-order valence-electron chi connectivity index (χ1n) is 7.53. The Balaban J connectivity index is 0.00000180. The van der Waals surface area contributed by atoms with Gasteiger partial charge in [0.15, 0.2) is 0 Å². The van der Waals surface area contributed by atoms with Crippen molar-refractivity contribution in [3.8, 4) is 0 Å². The number of halogens is 3. The smallest absolute Gasteiger partial charge is 0.448 e. The molecule has 2 saturated carbocycles. The van der Waals surface area contributed by atoms with E-state index in [0.29, 0.717) is 0 Å². The van der Waals surface area contributed by atoms with Crippen LogP contribution >= 0.6 is 0 Å². The molecule has 2 fully saturated rings. The van der Waals surface area contributed by atoms with Gasteiger partial charge in [0.05, 0.1) is 0 Å². The van der Waals surface area contributed by atoms with Crippen LogP contribution in [0.4, 0.5) is 12.9 Å². The molecule has 19 heavy (non-hydrogen) atoms. The van der Waals surface area contributed by atoms with Gasteiger partial charge in [-0.25, -0.2) is 0 Å². The minimum Gasteiger partial charge on any atom is -0.448 e. The Bertz CT molecular complexity index is 233. The van der Waals surface area contributed by atoms with Gasteiger partial charge in [-0.2, -0.15) is 0 Å². The maximum absolute atomic E-state index is 12.8. The van der Waals surface area contributed by atoms with Gasteiger partial charge in [-0.05, 0) is 32.1 Å². The van der Waals surface area contributed by atoms with Crippen molar-refractivity contribution in [3.63, 3.8) is 0 Å². The fourth-order valence-electron chi connectivity index (χ4n) is 3.66. The summed E-state index contributed by atoms with van der Waals surface area (Å²) in [7, 11) is 0. The molecule has 0 N–H and O–H groups in total. The maximum Gasteiger partial charge on any atom is 1.00 e. The maximum atomic E-state index is 12.8. The normalized spacial score (nSPS) is 23.4. The number of hydrogen-bond donors (Lipinski definition) is 0. The Morgan fingerprint density at radius 2 is 1.11 bits per heavy atom. The molecule has 106 valence electrons. The van der Waals surface area contributed by atoms with E-state index in [4.69, 9.17) is 0 Å². The van der Waals surface area contributed by atoms with Gasteiger partial charge >= 0.3 is 58.4 Å². The van der Waals surface area contributed by atoms with Crippen molar-refractivity contribution < 1.29 is 64.3 Å². The number of rotatable bonds is 4. The first-order chi connectivity index (χ1) is 8.56. The molecule has 0 unspecified atom stereocenters. The molecular formula is C13H24BF3KN. The minimum atomic E-state index is -4.68. The third-order valence-corrected chi connectivity index (χ3v) is 4.51. The zero-order chi connectivity index (χ0) is 13.0. The quantitative estimate of drug-likeness (QED) is 0.709. The molecule has 6 heteroatoms. The average Bonchev–Trinajstić information content (AvgIpc) is 2.37. The van der Waals surface area contributed by atoms with Crippen LogP contribution < -0.4 is 51.4 Å². The molecule has 0 heterocycles. The van der Waals surface area contributed by atoms with Crippen molar-refractivity contribution in [2.24, 2.45) is 0 Å². The van der Waals surface area contributed by atoms with Crippen molar-refractivity contribution in [2.75, 3.05) is 6.44 Å². The SMILES string of the molecule is F[B-](F)(F)CN(C1CCCCC1)C1CCCCC1.[K+]. The fourth-order valence-corrected chi connectivity index (χ4v) is 3.66. The molecule has 0 amide bonds. The Kier molecular flexibility index (Phi) is 8.56. The molecule has 0 atom stereocenters. The monoisotopic (exact) mass is 301 g/mol. The summed E-state index contributed by atoms with van der Waals surface area (Å²) in [4.78, 5) is 1.83. The van der Waals surface area contributed by atoms with Gasteiger partial charge in [-0.1, -0.05) is 38.5 Å². The third kappa shape index (κ3) is 6.39. The van der Waals surface area contributed by atoms with E-state index in [-0.39, 0.29) is 63.5 Å². The van der Waals surface area contributed by atoms with Crippen LogP contribution in [-0.4, -0.2) is 30.4 Å². The third-order valence-electron chi connectivity index (χ3n) is 4.51. The van der Waals surface area contributed by atoms with Gasteiger partial charge in [-0.15, -0.1) is 0 Å². The summed E-state index contributed by atoms with van der Waals surface area (Å²) in [6, 6.07) is 0.399. The summed E-state index contributed by atoms with van der Waals surface area (Å²) in [6.07, 6.45) is 10.1. The zero-order valence-corrected chi connectivity index (χ0v) is 15.2. The van der Waals surface area contributed by atoms with Gasteiger partial charge in [-0.3, -0.25) is 0 Å².